The van der Waals surface area contributed by atoms with Crippen molar-refractivity contribution >= 4 is 11.9 Å². The van der Waals surface area contributed by atoms with E-state index >= 15 is 0 Å². The topological polar surface area (TPSA) is 66.8 Å². The molecular weight excluding hydrogens is 354 g/mol. The van der Waals surface area contributed by atoms with E-state index in [-0.39, 0.29) is 12.2 Å². The van der Waals surface area contributed by atoms with Gasteiger partial charge in [-0.25, -0.2) is 0 Å². The van der Waals surface area contributed by atoms with Gasteiger partial charge in [-0.3, -0.25) is 9.59 Å². The highest BCUT2D eigenvalue weighted by molar-refractivity contribution is 5.76. The van der Waals surface area contributed by atoms with Crippen LogP contribution >= 0.6 is 0 Å². The number of rotatable bonds is 17. The summed E-state index contributed by atoms with van der Waals surface area (Å²) < 4.78 is 5.81. The summed E-state index contributed by atoms with van der Waals surface area (Å²) in [6.07, 6.45) is 16.6. The van der Waals surface area contributed by atoms with Crippen LogP contribution in [0.5, 0.6) is 0 Å². The predicted molar refractivity (Wildman–Crippen MR) is 113 cm³/mol. The lowest BCUT2D eigenvalue weighted by Gasteiger charge is -2.18. The molecule has 28 heavy (non-hydrogen) atoms. The van der Waals surface area contributed by atoms with Gasteiger partial charge in [0.05, 0.1) is 12.2 Å². The van der Waals surface area contributed by atoms with E-state index in [1.54, 1.807) is 0 Å². The Morgan fingerprint density at radius 3 is 1.79 bits per heavy atom. The standard InChI is InChI=1S/C23H43NO4/c1-20(2)28-21-17-18-24(19-21)22(25)15-13-11-9-7-5-3-4-6-8-10-12-14-16-23(26)27/h20-21H,3-19H2,1-2H3,(H,26,27)/t21-/m0/s1. The van der Waals surface area contributed by atoms with E-state index in [1.807, 2.05) is 4.90 Å². The summed E-state index contributed by atoms with van der Waals surface area (Å²) in [7, 11) is 0. The van der Waals surface area contributed by atoms with E-state index in [9.17, 15) is 9.59 Å². The van der Waals surface area contributed by atoms with Crippen LogP contribution in [0, 0.1) is 0 Å². The van der Waals surface area contributed by atoms with Gasteiger partial charge in [-0.15, -0.1) is 0 Å². The Labute approximate surface area is 172 Å². The van der Waals surface area contributed by atoms with Crippen molar-refractivity contribution in [3.63, 3.8) is 0 Å². The summed E-state index contributed by atoms with van der Waals surface area (Å²) in [5.74, 6) is -0.372. The van der Waals surface area contributed by atoms with Crippen molar-refractivity contribution in [1.29, 1.82) is 0 Å². The summed E-state index contributed by atoms with van der Waals surface area (Å²) in [5, 5.41) is 8.58. The zero-order valence-corrected chi connectivity index (χ0v) is 18.3. The van der Waals surface area contributed by atoms with Crippen LogP contribution in [-0.4, -0.2) is 47.2 Å². The van der Waals surface area contributed by atoms with E-state index < -0.39 is 5.97 Å². The minimum absolute atomic E-state index is 0.230. The van der Waals surface area contributed by atoms with Gasteiger partial charge in [0, 0.05) is 25.9 Å². The molecule has 0 aromatic heterocycles. The second-order valence-electron chi connectivity index (χ2n) is 8.57. The second kappa shape index (κ2) is 15.8. The van der Waals surface area contributed by atoms with Crippen molar-refractivity contribution in [2.24, 2.45) is 0 Å². The van der Waals surface area contributed by atoms with Gasteiger partial charge in [-0.05, 0) is 33.1 Å². The van der Waals surface area contributed by atoms with Gasteiger partial charge in [0.2, 0.25) is 5.91 Å². The third kappa shape index (κ3) is 13.1. The van der Waals surface area contributed by atoms with Crippen molar-refractivity contribution in [3.05, 3.63) is 0 Å². The quantitative estimate of drug-likeness (QED) is 0.326. The van der Waals surface area contributed by atoms with Crippen molar-refractivity contribution in [2.45, 2.75) is 122 Å². The molecular formula is C23H43NO4. The highest BCUT2D eigenvalue weighted by atomic mass is 16.5. The Bertz CT molecular complexity index is 425. The molecule has 0 spiro atoms. The van der Waals surface area contributed by atoms with Gasteiger partial charge >= 0.3 is 5.97 Å². The number of carboxylic acid groups (broad SMARTS) is 1. The van der Waals surface area contributed by atoms with Crippen LogP contribution in [0.3, 0.4) is 0 Å². The highest BCUT2D eigenvalue weighted by Crippen LogP contribution is 2.17. The molecule has 1 aliphatic rings. The Hall–Kier alpha value is -1.10. The smallest absolute Gasteiger partial charge is 0.303 e. The fourth-order valence-corrected chi connectivity index (χ4v) is 3.93. The molecule has 0 aromatic rings. The Balaban J connectivity index is 1.83. The first-order valence-corrected chi connectivity index (χ1v) is 11.6. The highest BCUT2D eigenvalue weighted by Gasteiger charge is 2.26. The van der Waals surface area contributed by atoms with Crippen LogP contribution in [0.25, 0.3) is 0 Å². The number of likely N-dealkylation sites (tertiary alicyclic amines) is 1. The predicted octanol–water partition coefficient (Wildman–Crippen LogP) is 5.56. The molecule has 1 aliphatic heterocycles. The number of ether oxygens (including phenoxy) is 1. The Morgan fingerprint density at radius 1 is 0.857 bits per heavy atom. The monoisotopic (exact) mass is 397 g/mol. The molecule has 0 radical (unpaired) electrons. The molecule has 1 rings (SSSR count). The summed E-state index contributed by atoms with van der Waals surface area (Å²) >= 11 is 0. The molecule has 5 nitrogen and oxygen atoms in total. The van der Waals surface area contributed by atoms with Gasteiger partial charge in [0.1, 0.15) is 0 Å². The third-order valence-corrected chi connectivity index (χ3v) is 5.49. The molecule has 0 unspecified atom stereocenters. The van der Waals surface area contributed by atoms with E-state index in [2.05, 4.69) is 13.8 Å². The zero-order chi connectivity index (χ0) is 20.6. The SMILES string of the molecule is CC(C)O[C@H]1CCN(C(=O)CCCCCCCCCCCCCCC(=O)O)C1. The van der Waals surface area contributed by atoms with Gasteiger partial charge in [0.25, 0.3) is 0 Å². The number of carbonyl (C=O) groups is 2. The molecule has 1 amide bonds. The number of amides is 1. The van der Waals surface area contributed by atoms with Gasteiger partial charge in [-0.2, -0.15) is 0 Å². The molecule has 1 saturated heterocycles. The van der Waals surface area contributed by atoms with E-state index in [0.29, 0.717) is 18.7 Å². The first-order valence-electron chi connectivity index (χ1n) is 11.6. The van der Waals surface area contributed by atoms with Crippen LogP contribution in [0.2, 0.25) is 0 Å². The first-order chi connectivity index (χ1) is 13.5. The van der Waals surface area contributed by atoms with E-state index in [0.717, 1.165) is 45.2 Å². The van der Waals surface area contributed by atoms with Crippen molar-refractivity contribution in [2.75, 3.05) is 13.1 Å². The maximum absolute atomic E-state index is 12.3. The fraction of sp³-hybridized carbons (Fsp3) is 0.913. The van der Waals surface area contributed by atoms with Crippen molar-refractivity contribution < 1.29 is 19.4 Å². The Morgan fingerprint density at radius 2 is 1.32 bits per heavy atom. The number of aliphatic carboxylic acids is 1. The molecule has 1 heterocycles. The number of hydrogen-bond donors (Lipinski definition) is 1. The number of carbonyl (C=O) groups excluding carboxylic acids is 1. The van der Waals surface area contributed by atoms with Crippen molar-refractivity contribution in [3.8, 4) is 0 Å². The minimum atomic E-state index is -0.676. The lowest BCUT2D eigenvalue weighted by molar-refractivity contribution is -0.137. The third-order valence-electron chi connectivity index (χ3n) is 5.49. The number of carboxylic acids is 1. The maximum atomic E-state index is 12.3. The number of nitrogens with zero attached hydrogens (tertiary/aromatic N) is 1. The molecule has 1 atom stereocenters. The van der Waals surface area contributed by atoms with Crippen LogP contribution in [0.1, 0.15) is 110 Å². The minimum Gasteiger partial charge on any atom is -0.481 e. The molecule has 164 valence electrons. The average Bonchev–Trinajstić information content (AvgIpc) is 3.09. The number of hydrogen-bond acceptors (Lipinski definition) is 3. The molecule has 0 aliphatic carbocycles. The molecule has 0 aromatic carbocycles. The normalized spacial score (nSPS) is 16.8. The zero-order valence-electron chi connectivity index (χ0n) is 18.3. The van der Waals surface area contributed by atoms with Crippen molar-refractivity contribution in [1.82, 2.24) is 4.90 Å². The number of unbranched alkanes of at least 4 members (excludes halogenated alkanes) is 11. The molecule has 1 N–H and O–H groups in total. The lowest BCUT2D eigenvalue weighted by Crippen LogP contribution is -2.30. The van der Waals surface area contributed by atoms with Crippen LogP contribution in [0.15, 0.2) is 0 Å². The molecule has 0 saturated carbocycles. The van der Waals surface area contributed by atoms with Gasteiger partial charge in [0.15, 0.2) is 0 Å². The summed E-state index contributed by atoms with van der Waals surface area (Å²) in [4.78, 5) is 24.6. The van der Waals surface area contributed by atoms with Crippen LogP contribution in [0.4, 0.5) is 0 Å². The summed E-state index contributed by atoms with van der Waals surface area (Å²) in [5.41, 5.74) is 0. The summed E-state index contributed by atoms with van der Waals surface area (Å²) in [6, 6.07) is 0. The molecule has 0 bridgehead atoms. The molecule has 5 heteroatoms. The van der Waals surface area contributed by atoms with E-state index in [4.69, 9.17) is 9.84 Å². The maximum Gasteiger partial charge on any atom is 0.303 e. The lowest BCUT2D eigenvalue weighted by atomic mass is 10.0. The largest absolute Gasteiger partial charge is 0.481 e. The van der Waals surface area contributed by atoms with E-state index in [1.165, 1.54) is 51.4 Å². The fourth-order valence-electron chi connectivity index (χ4n) is 3.93. The first kappa shape index (κ1) is 24.9. The Kier molecular flexibility index (Phi) is 14.1. The summed E-state index contributed by atoms with van der Waals surface area (Å²) in [6.45, 7) is 5.73. The van der Waals surface area contributed by atoms with Crippen LogP contribution in [-0.2, 0) is 14.3 Å². The van der Waals surface area contributed by atoms with Gasteiger partial charge < -0.3 is 14.7 Å². The van der Waals surface area contributed by atoms with Crippen LogP contribution < -0.4 is 0 Å². The molecule has 1 fully saturated rings. The second-order valence-corrected chi connectivity index (χ2v) is 8.57. The average molecular weight is 398 g/mol. The van der Waals surface area contributed by atoms with Gasteiger partial charge in [-0.1, -0.05) is 64.2 Å².